The standard InChI is InChI=1S/C22H26BrN3O3/c23-20-7-5-17(6-8-20)22(28)24-10-9-21(27)25-15-18-3-1-2-4-19(18)16-26-11-13-29-14-12-26/h1-8H,9-16H2,(H,24,28)(H,25,27). The first kappa shape index (κ1) is 21.5. The van der Waals surface area contributed by atoms with Gasteiger partial charge in [-0.2, -0.15) is 0 Å². The molecular formula is C22H26BrN3O3. The molecule has 0 saturated carbocycles. The van der Waals surface area contributed by atoms with E-state index in [9.17, 15) is 9.59 Å². The van der Waals surface area contributed by atoms with E-state index in [1.54, 1.807) is 12.1 Å². The molecule has 1 heterocycles. The average Bonchev–Trinajstić information content (AvgIpc) is 2.74. The van der Waals surface area contributed by atoms with E-state index in [4.69, 9.17) is 4.74 Å². The third-order valence-electron chi connectivity index (χ3n) is 4.84. The van der Waals surface area contributed by atoms with Gasteiger partial charge in [-0.3, -0.25) is 14.5 Å². The average molecular weight is 460 g/mol. The minimum absolute atomic E-state index is 0.0812. The van der Waals surface area contributed by atoms with Crippen LogP contribution < -0.4 is 10.6 Å². The predicted octanol–water partition coefficient (Wildman–Crippen LogP) is 2.72. The van der Waals surface area contributed by atoms with E-state index in [1.807, 2.05) is 30.3 Å². The van der Waals surface area contributed by atoms with Gasteiger partial charge in [-0.05, 0) is 35.4 Å². The van der Waals surface area contributed by atoms with Crippen LogP contribution >= 0.6 is 15.9 Å². The third-order valence-corrected chi connectivity index (χ3v) is 5.36. The molecule has 3 rings (SSSR count). The summed E-state index contributed by atoms with van der Waals surface area (Å²) in [6.07, 6.45) is 0.244. The van der Waals surface area contributed by atoms with Crippen molar-refractivity contribution < 1.29 is 14.3 Å². The molecule has 2 N–H and O–H groups in total. The van der Waals surface area contributed by atoms with Crippen LogP contribution in [-0.4, -0.2) is 49.6 Å². The molecule has 1 aliphatic heterocycles. The number of morpholine rings is 1. The summed E-state index contributed by atoms with van der Waals surface area (Å²) in [5, 5.41) is 5.74. The Kier molecular flexibility index (Phi) is 8.22. The molecule has 0 radical (unpaired) electrons. The molecular weight excluding hydrogens is 434 g/mol. The molecule has 0 aliphatic carbocycles. The number of hydrogen-bond acceptors (Lipinski definition) is 4. The lowest BCUT2D eigenvalue weighted by molar-refractivity contribution is -0.121. The zero-order valence-electron chi connectivity index (χ0n) is 16.3. The highest BCUT2D eigenvalue weighted by atomic mass is 79.9. The van der Waals surface area contributed by atoms with Crippen molar-refractivity contribution in [3.63, 3.8) is 0 Å². The second-order valence-corrected chi connectivity index (χ2v) is 7.86. The number of ether oxygens (including phenoxy) is 1. The summed E-state index contributed by atoms with van der Waals surface area (Å²) in [7, 11) is 0. The summed E-state index contributed by atoms with van der Waals surface area (Å²) in [6.45, 7) is 5.04. The summed E-state index contributed by atoms with van der Waals surface area (Å²) in [4.78, 5) is 26.6. The molecule has 0 aromatic heterocycles. The first-order chi connectivity index (χ1) is 14.1. The Hall–Kier alpha value is -2.22. The Bertz CT molecular complexity index is 820. The molecule has 2 aromatic rings. The second kappa shape index (κ2) is 11.1. The Balaban J connectivity index is 1.42. The number of carbonyl (C=O) groups is 2. The Morgan fingerprint density at radius 1 is 0.966 bits per heavy atom. The van der Waals surface area contributed by atoms with Crippen LogP contribution in [0.4, 0.5) is 0 Å². The van der Waals surface area contributed by atoms with Crippen LogP contribution in [0.1, 0.15) is 27.9 Å². The van der Waals surface area contributed by atoms with Crippen molar-refractivity contribution in [2.75, 3.05) is 32.8 Å². The fraction of sp³-hybridized carbons (Fsp3) is 0.364. The van der Waals surface area contributed by atoms with Crippen LogP contribution in [0.25, 0.3) is 0 Å². The lowest BCUT2D eigenvalue weighted by atomic mass is 10.1. The van der Waals surface area contributed by atoms with Crippen LogP contribution in [0.2, 0.25) is 0 Å². The van der Waals surface area contributed by atoms with E-state index in [1.165, 1.54) is 5.56 Å². The van der Waals surface area contributed by atoms with E-state index in [2.05, 4.69) is 37.5 Å². The first-order valence-corrected chi connectivity index (χ1v) is 10.6. The van der Waals surface area contributed by atoms with Crippen molar-refractivity contribution in [2.24, 2.45) is 0 Å². The summed E-state index contributed by atoms with van der Waals surface area (Å²) in [5.74, 6) is -0.261. The van der Waals surface area contributed by atoms with Crippen LogP contribution in [0.3, 0.4) is 0 Å². The van der Waals surface area contributed by atoms with Gasteiger partial charge in [-0.25, -0.2) is 0 Å². The summed E-state index contributed by atoms with van der Waals surface area (Å²) < 4.78 is 6.32. The van der Waals surface area contributed by atoms with Crippen LogP contribution in [0.5, 0.6) is 0 Å². The molecule has 29 heavy (non-hydrogen) atoms. The largest absolute Gasteiger partial charge is 0.379 e. The lowest BCUT2D eigenvalue weighted by Crippen LogP contribution is -2.36. The monoisotopic (exact) mass is 459 g/mol. The summed E-state index contributed by atoms with van der Waals surface area (Å²) in [5.41, 5.74) is 2.91. The number of amides is 2. The Morgan fingerprint density at radius 3 is 2.38 bits per heavy atom. The SMILES string of the molecule is O=C(CCNC(=O)c1ccc(Br)cc1)NCc1ccccc1CN1CCOCC1. The maximum absolute atomic E-state index is 12.2. The molecule has 0 spiro atoms. The van der Waals surface area contributed by atoms with E-state index < -0.39 is 0 Å². The van der Waals surface area contributed by atoms with Crippen molar-refractivity contribution in [1.82, 2.24) is 15.5 Å². The minimum Gasteiger partial charge on any atom is -0.379 e. The van der Waals surface area contributed by atoms with Crippen molar-refractivity contribution >= 4 is 27.7 Å². The molecule has 1 fully saturated rings. The molecule has 154 valence electrons. The highest BCUT2D eigenvalue weighted by molar-refractivity contribution is 9.10. The van der Waals surface area contributed by atoms with E-state index in [0.29, 0.717) is 18.7 Å². The van der Waals surface area contributed by atoms with Crippen LogP contribution in [0.15, 0.2) is 53.0 Å². The minimum atomic E-state index is -0.179. The number of nitrogens with one attached hydrogen (secondary N) is 2. The highest BCUT2D eigenvalue weighted by Crippen LogP contribution is 2.13. The normalized spacial score (nSPS) is 14.4. The third kappa shape index (κ3) is 6.96. The zero-order valence-corrected chi connectivity index (χ0v) is 17.9. The molecule has 0 bridgehead atoms. The number of carbonyl (C=O) groups excluding carboxylic acids is 2. The van der Waals surface area contributed by atoms with Gasteiger partial charge >= 0.3 is 0 Å². The molecule has 2 aromatic carbocycles. The molecule has 0 unspecified atom stereocenters. The number of halogens is 1. The van der Waals surface area contributed by atoms with Gasteiger partial charge in [0.05, 0.1) is 13.2 Å². The van der Waals surface area contributed by atoms with Gasteiger partial charge in [0.25, 0.3) is 5.91 Å². The zero-order chi connectivity index (χ0) is 20.5. The predicted molar refractivity (Wildman–Crippen MR) is 115 cm³/mol. The van der Waals surface area contributed by atoms with Gasteiger partial charge in [0, 0.05) is 49.2 Å². The molecule has 6 nitrogen and oxygen atoms in total. The van der Waals surface area contributed by atoms with Gasteiger partial charge in [-0.1, -0.05) is 40.2 Å². The summed E-state index contributed by atoms with van der Waals surface area (Å²) in [6, 6.07) is 15.3. The van der Waals surface area contributed by atoms with Gasteiger partial charge < -0.3 is 15.4 Å². The Labute approximate surface area is 179 Å². The fourth-order valence-electron chi connectivity index (χ4n) is 3.16. The quantitative estimate of drug-likeness (QED) is 0.636. The van der Waals surface area contributed by atoms with Gasteiger partial charge in [0.2, 0.25) is 5.91 Å². The summed E-state index contributed by atoms with van der Waals surface area (Å²) >= 11 is 3.34. The fourth-order valence-corrected chi connectivity index (χ4v) is 3.42. The van der Waals surface area contributed by atoms with Crippen molar-refractivity contribution in [3.8, 4) is 0 Å². The van der Waals surface area contributed by atoms with Gasteiger partial charge in [0.1, 0.15) is 0 Å². The van der Waals surface area contributed by atoms with Gasteiger partial charge in [0.15, 0.2) is 0 Å². The topological polar surface area (TPSA) is 70.7 Å². The molecule has 1 aliphatic rings. The molecule has 1 saturated heterocycles. The first-order valence-electron chi connectivity index (χ1n) is 9.79. The van der Waals surface area contributed by atoms with E-state index in [0.717, 1.165) is 42.9 Å². The number of benzene rings is 2. The molecule has 0 atom stereocenters. The van der Waals surface area contributed by atoms with Crippen molar-refractivity contribution in [3.05, 3.63) is 69.7 Å². The number of nitrogens with zero attached hydrogens (tertiary/aromatic N) is 1. The van der Waals surface area contributed by atoms with Crippen molar-refractivity contribution in [1.29, 1.82) is 0 Å². The lowest BCUT2D eigenvalue weighted by Gasteiger charge is -2.27. The van der Waals surface area contributed by atoms with Gasteiger partial charge in [-0.15, -0.1) is 0 Å². The molecule has 2 amide bonds. The highest BCUT2D eigenvalue weighted by Gasteiger charge is 2.13. The smallest absolute Gasteiger partial charge is 0.251 e. The number of hydrogen-bond donors (Lipinski definition) is 2. The maximum Gasteiger partial charge on any atom is 0.251 e. The molecule has 7 heteroatoms. The van der Waals surface area contributed by atoms with Crippen LogP contribution in [0, 0.1) is 0 Å². The van der Waals surface area contributed by atoms with Crippen LogP contribution in [-0.2, 0) is 22.6 Å². The van der Waals surface area contributed by atoms with Crippen molar-refractivity contribution in [2.45, 2.75) is 19.5 Å². The second-order valence-electron chi connectivity index (χ2n) is 6.95. The Morgan fingerprint density at radius 2 is 1.66 bits per heavy atom. The maximum atomic E-state index is 12.2. The van der Waals surface area contributed by atoms with E-state index in [-0.39, 0.29) is 18.2 Å². The number of rotatable bonds is 8. The van der Waals surface area contributed by atoms with E-state index >= 15 is 0 Å².